The Labute approximate surface area is 108 Å². The lowest BCUT2D eigenvalue weighted by atomic mass is 10.1. The van der Waals surface area contributed by atoms with Crippen LogP contribution in [0.5, 0.6) is 11.5 Å². The number of tetrazole rings is 1. The van der Waals surface area contributed by atoms with E-state index in [1.165, 1.54) is 14.2 Å². The van der Waals surface area contributed by atoms with Gasteiger partial charge in [-0.2, -0.15) is 4.80 Å². The number of hydrogen-bond donors (Lipinski definition) is 1. The van der Waals surface area contributed by atoms with E-state index < -0.39 is 5.97 Å². The molecule has 0 amide bonds. The van der Waals surface area contributed by atoms with Crippen LogP contribution in [-0.4, -0.2) is 45.5 Å². The molecule has 0 bridgehead atoms. The first kappa shape index (κ1) is 12.8. The van der Waals surface area contributed by atoms with E-state index in [0.29, 0.717) is 17.1 Å². The van der Waals surface area contributed by atoms with Crippen LogP contribution < -0.4 is 9.47 Å². The zero-order valence-electron chi connectivity index (χ0n) is 10.4. The highest BCUT2D eigenvalue weighted by atomic mass is 16.5. The normalized spacial score (nSPS) is 10.2. The van der Waals surface area contributed by atoms with Crippen LogP contribution in [0.1, 0.15) is 0 Å². The number of aliphatic carboxylic acids is 1. The second-order valence-electron chi connectivity index (χ2n) is 3.57. The van der Waals surface area contributed by atoms with Crippen molar-refractivity contribution in [1.29, 1.82) is 0 Å². The summed E-state index contributed by atoms with van der Waals surface area (Å²) in [5, 5.41) is 20.1. The van der Waals surface area contributed by atoms with Crippen molar-refractivity contribution < 1.29 is 19.4 Å². The molecule has 0 saturated heterocycles. The molecule has 100 valence electrons. The summed E-state index contributed by atoms with van der Waals surface area (Å²) < 4.78 is 10.4. The van der Waals surface area contributed by atoms with Gasteiger partial charge in [-0.15, -0.1) is 10.2 Å². The van der Waals surface area contributed by atoms with Crippen LogP contribution >= 0.6 is 0 Å². The number of aromatic nitrogens is 4. The first-order valence-corrected chi connectivity index (χ1v) is 5.36. The number of carbonyl (C=O) groups is 1. The predicted octanol–water partition coefficient (Wildman–Crippen LogP) is 0.442. The number of rotatable bonds is 5. The maximum Gasteiger partial charge on any atom is 0.327 e. The summed E-state index contributed by atoms with van der Waals surface area (Å²) in [4.78, 5) is 11.6. The zero-order valence-corrected chi connectivity index (χ0v) is 10.4. The summed E-state index contributed by atoms with van der Waals surface area (Å²) in [6.07, 6.45) is 0. The lowest BCUT2D eigenvalue weighted by molar-refractivity contribution is -0.138. The molecule has 1 heterocycles. The van der Waals surface area contributed by atoms with E-state index >= 15 is 0 Å². The van der Waals surface area contributed by atoms with E-state index in [1.54, 1.807) is 18.2 Å². The summed E-state index contributed by atoms with van der Waals surface area (Å²) in [6.45, 7) is -0.357. The fraction of sp³-hybridized carbons (Fsp3) is 0.273. The molecule has 0 fully saturated rings. The Hall–Kier alpha value is -2.64. The predicted molar refractivity (Wildman–Crippen MR) is 64.0 cm³/mol. The Kier molecular flexibility index (Phi) is 3.60. The molecule has 0 radical (unpaired) electrons. The maximum atomic E-state index is 10.6. The third-order valence-electron chi connectivity index (χ3n) is 2.38. The average molecular weight is 264 g/mol. The number of carboxylic acid groups (broad SMARTS) is 1. The van der Waals surface area contributed by atoms with Crippen LogP contribution in [0.25, 0.3) is 11.4 Å². The third-order valence-corrected chi connectivity index (χ3v) is 2.38. The molecule has 1 aromatic heterocycles. The second kappa shape index (κ2) is 5.34. The minimum atomic E-state index is -1.05. The summed E-state index contributed by atoms with van der Waals surface area (Å²) in [6, 6.07) is 5.23. The van der Waals surface area contributed by atoms with Crippen molar-refractivity contribution in [3.05, 3.63) is 18.2 Å². The molecule has 0 aliphatic carbocycles. The molecule has 2 aromatic rings. The van der Waals surface area contributed by atoms with Crippen molar-refractivity contribution in [2.24, 2.45) is 0 Å². The smallest absolute Gasteiger partial charge is 0.327 e. The fourth-order valence-electron chi connectivity index (χ4n) is 1.60. The van der Waals surface area contributed by atoms with Gasteiger partial charge >= 0.3 is 5.97 Å². The lowest BCUT2D eigenvalue weighted by Crippen LogP contribution is -2.11. The molecular formula is C11H12N4O4. The first-order valence-electron chi connectivity index (χ1n) is 5.36. The summed E-state index contributed by atoms with van der Waals surface area (Å²) in [5.41, 5.74) is 0.532. The van der Waals surface area contributed by atoms with E-state index in [2.05, 4.69) is 15.4 Å². The van der Waals surface area contributed by atoms with Crippen molar-refractivity contribution in [3.8, 4) is 22.9 Å². The van der Waals surface area contributed by atoms with E-state index in [4.69, 9.17) is 14.6 Å². The van der Waals surface area contributed by atoms with Crippen LogP contribution in [0, 0.1) is 0 Å². The molecule has 1 aromatic carbocycles. The molecular weight excluding hydrogens is 252 g/mol. The number of hydrogen-bond acceptors (Lipinski definition) is 6. The molecule has 19 heavy (non-hydrogen) atoms. The number of benzene rings is 1. The lowest BCUT2D eigenvalue weighted by Gasteiger charge is -2.09. The van der Waals surface area contributed by atoms with Crippen molar-refractivity contribution in [3.63, 3.8) is 0 Å². The number of methoxy groups -OCH3 is 2. The first-order chi connectivity index (χ1) is 9.15. The van der Waals surface area contributed by atoms with Crippen molar-refractivity contribution in [1.82, 2.24) is 20.2 Å². The van der Waals surface area contributed by atoms with Gasteiger partial charge in [0.25, 0.3) is 0 Å². The molecule has 1 N–H and O–H groups in total. The van der Waals surface area contributed by atoms with Crippen LogP contribution in [0.15, 0.2) is 18.2 Å². The molecule has 0 saturated carbocycles. The van der Waals surface area contributed by atoms with Gasteiger partial charge in [-0.3, -0.25) is 4.79 Å². The number of carboxylic acids is 1. The van der Waals surface area contributed by atoms with Crippen molar-refractivity contribution >= 4 is 5.97 Å². The second-order valence-corrected chi connectivity index (χ2v) is 3.57. The largest absolute Gasteiger partial charge is 0.496 e. The van der Waals surface area contributed by atoms with Gasteiger partial charge in [0.05, 0.1) is 14.2 Å². The van der Waals surface area contributed by atoms with Gasteiger partial charge in [0.2, 0.25) is 5.82 Å². The van der Waals surface area contributed by atoms with Gasteiger partial charge < -0.3 is 14.6 Å². The van der Waals surface area contributed by atoms with Gasteiger partial charge in [-0.25, -0.2) is 0 Å². The number of nitrogens with zero attached hydrogens (tertiary/aromatic N) is 4. The SMILES string of the molecule is COc1cccc(OC)c1-c1nnn(CC(=O)O)n1. The van der Waals surface area contributed by atoms with Gasteiger partial charge in [-0.05, 0) is 17.3 Å². The Morgan fingerprint density at radius 2 is 1.95 bits per heavy atom. The van der Waals surface area contributed by atoms with Crippen molar-refractivity contribution in [2.45, 2.75) is 6.54 Å². The monoisotopic (exact) mass is 264 g/mol. The van der Waals surface area contributed by atoms with Crippen molar-refractivity contribution in [2.75, 3.05) is 14.2 Å². The Bertz CT molecular complexity index is 574. The van der Waals surface area contributed by atoms with E-state index in [0.717, 1.165) is 4.80 Å². The van der Waals surface area contributed by atoms with Gasteiger partial charge in [0, 0.05) is 0 Å². The van der Waals surface area contributed by atoms with Crippen LogP contribution in [0.2, 0.25) is 0 Å². The molecule has 0 unspecified atom stereocenters. The molecule has 8 nitrogen and oxygen atoms in total. The standard InChI is InChI=1S/C11H12N4O4/c1-18-7-4-3-5-8(19-2)10(7)11-12-14-15(13-11)6-9(16)17/h3-5H,6H2,1-2H3,(H,16,17). The average Bonchev–Trinajstić information content (AvgIpc) is 2.84. The summed E-state index contributed by atoms with van der Waals surface area (Å²) in [5.74, 6) is 0.245. The molecule has 0 aliphatic heterocycles. The minimum absolute atomic E-state index is 0.246. The van der Waals surface area contributed by atoms with Crippen LogP contribution in [0.4, 0.5) is 0 Å². The highest BCUT2D eigenvalue weighted by Gasteiger charge is 2.17. The maximum absolute atomic E-state index is 10.6. The number of ether oxygens (including phenoxy) is 2. The van der Waals surface area contributed by atoms with Gasteiger partial charge in [0.1, 0.15) is 17.1 Å². The molecule has 0 aliphatic rings. The molecule has 0 spiro atoms. The Morgan fingerprint density at radius 1 is 1.32 bits per heavy atom. The summed E-state index contributed by atoms with van der Waals surface area (Å²) in [7, 11) is 3.03. The van der Waals surface area contributed by atoms with E-state index in [9.17, 15) is 4.79 Å². The van der Waals surface area contributed by atoms with Crippen LogP contribution in [0.3, 0.4) is 0 Å². The zero-order chi connectivity index (χ0) is 13.8. The fourth-order valence-corrected chi connectivity index (χ4v) is 1.60. The van der Waals surface area contributed by atoms with Gasteiger partial charge in [0.15, 0.2) is 6.54 Å². The Balaban J connectivity index is 2.45. The molecule has 0 atom stereocenters. The van der Waals surface area contributed by atoms with E-state index in [1.807, 2.05) is 0 Å². The quantitative estimate of drug-likeness (QED) is 0.836. The highest BCUT2D eigenvalue weighted by molar-refractivity contribution is 5.71. The van der Waals surface area contributed by atoms with E-state index in [-0.39, 0.29) is 12.4 Å². The topological polar surface area (TPSA) is 99.4 Å². The Morgan fingerprint density at radius 3 is 2.47 bits per heavy atom. The van der Waals surface area contributed by atoms with Crippen LogP contribution in [-0.2, 0) is 11.3 Å². The summed E-state index contributed by atoms with van der Waals surface area (Å²) >= 11 is 0. The highest BCUT2D eigenvalue weighted by Crippen LogP contribution is 2.35. The molecule has 8 heteroatoms. The molecule has 2 rings (SSSR count). The van der Waals surface area contributed by atoms with Gasteiger partial charge in [-0.1, -0.05) is 6.07 Å². The third kappa shape index (κ3) is 2.62. The minimum Gasteiger partial charge on any atom is -0.496 e.